The lowest BCUT2D eigenvalue weighted by atomic mass is 10.2. The highest BCUT2D eigenvalue weighted by Gasteiger charge is 2.12. The Labute approximate surface area is 141 Å². The minimum atomic E-state index is -0.571. The predicted molar refractivity (Wildman–Crippen MR) is 89.3 cm³/mol. The monoisotopic (exact) mass is 354 g/mol. The summed E-state index contributed by atoms with van der Waals surface area (Å²) in [5.41, 5.74) is 0.528. The van der Waals surface area contributed by atoms with Crippen molar-refractivity contribution >= 4 is 40.6 Å². The molecule has 1 N–H and O–H groups in total. The van der Waals surface area contributed by atoms with Crippen LogP contribution in [-0.4, -0.2) is 16.6 Å². The molecule has 0 bridgehead atoms. The molecule has 0 atom stereocenters. The van der Waals surface area contributed by atoms with Crippen molar-refractivity contribution in [1.82, 2.24) is 0 Å². The molecule has 0 saturated heterocycles. The Kier molecular flexibility index (Phi) is 5.95. The first kappa shape index (κ1) is 17.2. The summed E-state index contributed by atoms with van der Waals surface area (Å²) in [6, 6.07) is 10.1. The highest BCUT2D eigenvalue weighted by molar-refractivity contribution is 7.99. The summed E-state index contributed by atoms with van der Waals surface area (Å²) in [5.74, 6) is -0.258. The molecule has 0 radical (unpaired) electrons. The zero-order chi connectivity index (χ0) is 16.8. The second kappa shape index (κ2) is 7.94. The van der Waals surface area contributed by atoms with Crippen molar-refractivity contribution in [2.45, 2.75) is 5.75 Å². The maximum absolute atomic E-state index is 13.4. The van der Waals surface area contributed by atoms with Crippen LogP contribution in [0.1, 0.15) is 5.56 Å². The molecule has 1 amide bonds. The smallest absolute Gasteiger partial charge is 0.271 e. The van der Waals surface area contributed by atoms with Crippen LogP contribution in [-0.2, 0) is 10.5 Å². The van der Waals surface area contributed by atoms with Gasteiger partial charge in [0.15, 0.2) is 0 Å². The fraction of sp³-hybridized carbons (Fsp3) is 0.133. The lowest BCUT2D eigenvalue weighted by molar-refractivity contribution is -0.384. The normalized spacial score (nSPS) is 10.3. The van der Waals surface area contributed by atoms with Crippen LogP contribution in [0, 0.1) is 15.9 Å². The van der Waals surface area contributed by atoms with Crippen molar-refractivity contribution in [3.63, 3.8) is 0 Å². The number of hydrogen-bond donors (Lipinski definition) is 1. The second-order valence-corrected chi connectivity index (χ2v) is 5.95. The molecule has 5 nitrogen and oxygen atoms in total. The largest absolute Gasteiger partial charge is 0.324 e. The zero-order valence-electron chi connectivity index (χ0n) is 11.8. The summed E-state index contributed by atoms with van der Waals surface area (Å²) in [7, 11) is 0. The van der Waals surface area contributed by atoms with Gasteiger partial charge in [0.25, 0.3) is 5.69 Å². The Morgan fingerprint density at radius 1 is 1.30 bits per heavy atom. The molecule has 0 aliphatic rings. The van der Waals surface area contributed by atoms with E-state index in [9.17, 15) is 19.3 Å². The molecule has 8 heteroatoms. The molecule has 2 aromatic carbocycles. The highest BCUT2D eigenvalue weighted by atomic mass is 35.5. The van der Waals surface area contributed by atoms with E-state index < -0.39 is 4.92 Å². The second-order valence-electron chi connectivity index (χ2n) is 4.55. The quantitative estimate of drug-likeness (QED) is 0.621. The number of benzene rings is 2. The summed E-state index contributed by atoms with van der Waals surface area (Å²) >= 11 is 7.14. The van der Waals surface area contributed by atoms with Gasteiger partial charge in [-0.05, 0) is 17.7 Å². The van der Waals surface area contributed by atoms with Crippen molar-refractivity contribution in [1.29, 1.82) is 0 Å². The molecule has 0 unspecified atom stereocenters. The number of anilines is 1. The van der Waals surface area contributed by atoms with Crippen LogP contribution < -0.4 is 5.32 Å². The van der Waals surface area contributed by atoms with Gasteiger partial charge in [-0.15, -0.1) is 11.8 Å². The van der Waals surface area contributed by atoms with Gasteiger partial charge in [0.2, 0.25) is 5.91 Å². The number of nitrogens with one attached hydrogen (secondary N) is 1. The van der Waals surface area contributed by atoms with E-state index in [-0.39, 0.29) is 33.9 Å². The summed E-state index contributed by atoms with van der Waals surface area (Å²) in [6.07, 6.45) is 0. The third kappa shape index (κ3) is 4.94. The van der Waals surface area contributed by atoms with Crippen LogP contribution in [0.2, 0.25) is 5.02 Å². The van der Waals surface area contributed by atoms with E-state index in [1.165, 1.54) is 36.0 Å². The number of carbonyl (C=O) groups excluding carboxylic acids is 1. The van der Waals surface area contributed by atoms with E-state index in [2.05, 4.69) is 5.32 Å². The minimum absolute atomic E-state index is 0.0767. The first-order chi connectivity index (χ1) is 11.0. The molecular formula is C15H12ClFN2O3S. The molecular weight excluding hydrogens is 343 g/mol. The van der Waals surface area contributed by atoms with E-state index in [1.807, 2.05) is 0 Å². The Morgan fingerprint density at radius 2 is 2.04 bits per heavy atom. The average Bonchev–Trinajstić information content (AvgIpc) is 2.51. The number of nitro groups is 1. The molecule has 0 fully saturated rings. The van der Waals surface area contributed by atoms with E-state index in [4.69, 9.17) is 11.6 Å². The van der Waals surface area contributed by atoms with Gasteiger partial charge in [-0.2, -0.15) is 0 Å². The van der Waals surface area contributed by atoms with Crippen molar-refractivity contribution in [2.75, 3.05) is 11.1 Å². The number of amides is 1. The van der Waals surface area contributed by atoms with Crippen LogP contribution in [0.5, 0.6) is 0 Å². The number of carbonyl (C=O) groups is 1. The Bertz CT molecular complexity index is 742. The number of hydrogen-bond acceptors (Lipinski definition) is 4. The van der Waals surface area contributed by atoms with Gasteiger partial charge in [-0.1, -0.05) is 29.8 Å². The number of nitrogens with zero attached hydrogens (tertiary/aromatic N) is 1. The molecule has 0 heterocycles. The van der Waals surface area contributed by atoms with E-state index in [1.54, 1.807) is 18.2 Å². The van der Waals surface area contributed by atoms with Crippen molar-refractivity contribution in [2.24, 2.45) is 0 Å². The van der Waals surface area contributed by atoms with E-state index >= 15 is 0 Å². The fourth-order valence-corrected chi connectivity index (χ4v) is 2.76. The van der Waals surface area contributed by atoms with Gasteiger partial charge in [-0.3, -0.25) is 14.9 Å². The summed E-state index contributed by atoms with van der Waals surface area (Å²) in [4.78, 5) is 22.0. The molecule has 0 saturated carbocycles. The summed E-state index contributed by atoms with van der Waals surface area (Å²) in [5, 5.41) is 13.4. The number of thioether (sulfide) groups is 1. The van der Waals surface area contributed by atoms with Gasteiger partial charge in [0, 0.05) is 17.9 Å². The summed E-state index contributed by atoms with van der Waals surface area (Å²) < 4.78 is 13.4. The first-order valence-electron chi connectivity index (χ1n) is 6.52. The van der Waals surface area contributed by atoms with Crippen LogP contribution in [0.4, 0.5) is 15.8 Å². The van der Waals surface area contributed by atoms with E-state index in [0.717, 1.165) is 0 Å². The Morgan fingerprint density at radius 3 is 2.74 bits per heavy atom. The summed E-state index contributed by atoms with van der Waals surface area (Å²) in [6.45, 7) is 0. The molecule has 0 aromatic heterocycles. The molecule has 2 rings (SSSR count). The topological polar surface area (TPSA) is 72.2 Å². The number of nitro benzene ring substituents is 1. The maximum atomic E-state index is 13.4. The Balaban J connectivity index is 1.91. The predicted octanol–water partition coefficient (Wildman–Crippen LogP) is 4.26. The van der Waals surface area contributed by atoms with Crippen LogP contribution >= 0.6 is 23.4 Å². The number of rotatable bonds is 6. The van der Waals surface area contributed by atoms with Crippen LogP contribution in [0.25, 0.3) is 0 Å². The third-order valence-corrected chi connectivity index (χ3v) is 4.19. The molecule has 0 spiro atoms. The average molecular weight is 355 g/mol. The minimum Gasteiger partial charge on any atom is -0.324 e. The Hall–Kier alpha value is -2.12. The lowest BCUT2D eigenvalue weighted by Crippen LogP contribution is -2.14. The lowest BCUT2D eigenvalue weighted by Gasteiger charge is -2.07. The molecule has 0 aliphatic heterocycles. The van der Waals surface area contributed by atoms with Crippen molar-refractivity contribution in [3.05, 3.63) is 69.0 Å². The number of non-ortho nitro benzene ring substituents is 1. The molecule has 2 aromatic rings. The van der Waals surface area contributed by atoms with Crippen LogP contribution in [0.15, 0.2) is 42.5 Å². The first-order valence-corrected chi connectivity index (χ1v) is 8.05. The highest BCUT2D eigenvalue weighted by Crippen LogP contribution is 2.27. The van der Waals surface area contributed by atoms with Gasteiger partial charge in [-0.25, -0.2) is 4.39 Å². The van der Waals surface area contributed by atoms with Crippen LogP contribution in [0.3, 0.4) is 0 Å². The van der Waals surface area contributed by atoms with Crippen molar-refractivity contribution < 1.29 is 14.1 Å². The van der Waals surface area contributed by atoms with Gasteiger partial charge in [0.05, 0.1) is 21.4 Å². The number of halogens is 2. The standard InChI is InChI=1S/C15H12ClFN2O3S/c16-12-6-5-11(19(21)22)7-14(12)18-15(20)9-23-8-10-3-1-2-4-13(10)17/h1-7H,8-9H2,(H,18,20). The SMILES string of the molecule is O=C(CSCc1ccccc1F)Nc1cc([N+](=O)[O-])ccc1Cl. The zero-order valence-corrected chi connectivity index (χ0v) is 13.4. The molecule has 120 valence electrons. The maximum Gasteiger partial charge on any atom is 0.271 e. The third-order valence-electron chi connectivity index (χ3n) is 2.88. The molecule has 23 heavy (non-hydrogen) atoms. The van der Waals surface area contributed by atoms with Crippen molar-refractivity contribution in [3.8, 4) is 0 Å². The van der Waals surface area contributed by atoms with Gasteiger partial charge >= 0.3 is 0 Å². The fourth-order valence-electron chi connectivity index (χ4n) is 1.78. The molecule has 0 aliphatic carbocycles. The van der Waals surface area contributed by atoms with Gasteiger partial charge in [0.1, 0.15) is 5.82 Å². The van der Waals surface area contributed by atoms with Gasteiger partial charge < -0.3 is 5.32 Å². The van der Waals surface area contributed by atoms with E-state index in [0.29, 0.717) is 11.3 Å².